The van der Waals surface area contributed by atoms with Gasteiger partial charge in [0.1, 0.15) is 24.3 Å². The molecule has 4 heterocycles. The second-order valence-corrected chi connectivity index (χ2v) is 9.46. The lowest BCUT2D eigenvalue weighted by molar-refractivity contribution is -0.140. The summed E-state index contributed by atoms with van der Waals surface area (Å²) in [7, 11) is 3.08. The summed E-state index contributed by atoms with van der Waals surface area (Å²) in [6, 6.07) is 10.8. The normalized spacial score (nSPS) is 13.4. The van der Waals surface area contributed by atoms with E-state index < -0.39 is 11.9 Å². The fourth-order valence-corrected chi connectivity index (χ4v) is 4.47. The number of aromatic amines is 1. The molecule has 0 spiro atoms. The Kier molecular flexibility index (Phi) is 6.45. The number of hydrogen-bond donors (Lipinski definition) is 1. The molecule has 0 radical (unpaired) electrons. The van der Waals surface area contributed by atoms with Crippen molar-refractivity contribution in [2.75, 3.05) is 7.11 Å². The molecule has 0 bridgehead atoms. The standard InChI is InChI=1S/C28H24F3N7O2.H2/c1-38-13-21(28(29,30)31)36-25(38)18-7-5-16(6-8-18)14-40-26-19(20-4-3-11-32-20)12-33-24(37-26)22-23(17-9-10-17)34-15-35-27(22)39-2;/h3-8,11-13,15,17,32H,9-10,14H2,1-2H3;1H. The molecule has 40 heavy (non-hydrogen) atoms. The number of aromatic nitrogens is 7. The SMILES string of the molecule is COc1ncnc(C2CC2)c1-c1ncc(-c2ccc[nH]2)c(OCc2ccc(-c3nc(C(F)(F)F)cn3C)cc2)n1.[HH]. The molecule has 9 nitrogen and oxygen atoms in total. The van der Waals surface area contributed by atoms with Gasteiger partial charge >= 0.3 is 6.18 Å². The minimum atomic E-state index is -4.51. The van der Waals surface area contributed by atoms with Crippen LogP contribution in [0.3, 0.4) is 0 Å². The highest BCUT2D eigenvalue weighted by Gasteiger charge is 2.34. The molecule has 1 saturated carbocycles. The minimum Gasteiger partial charge on any atom is -0.480 e. The van der Waals surface area contributed by atoms with Crippen molar-refractivity contribution in [3.63, 3.8) is 0 Å². The molecular weight excluding hydrogens is 523 g/mol. The summed E-state index contributed by atoms with van der Waals surface area (Å²) < 4.78 is 52.3. The number of ether oxygens (including phenoxy) is 2. The second-order valence-electron chi connectivity index (χ2n) is 9.46. The molecule has 0 atom stereocenters. The zero-order chi connectivity index (χ0) is 27.9. The first-order valence-corrected chi connectivity index (χ1v) is 12.5. The molecule has 0 saturated heterocycles. The van der Waals surface area contributed by atoms with Gasteiger partial charge in [-0.1, -0.05) is 24.3 Å². The predicted molar refractivity (Wildman–Crippen MR) is 141 cm³/mol. The van der Waals surface area contributed by atoms with Gasteiger partial charge in [-0.3, -0.25) is 0 Å². The first-order chi connectivity index (χ1) is 19.3. The van der Waals surface area contributed by atoms with E-state index in [0.717, 1.165) is 36.0 Å². The maximum absolute atomic E-state index is 13.1. The van der Waals surface area contributed by atoms with Gasteiger partial charge < -0.3 is 19.0 Å². The van der Waals surface area contributed by atoms with Crippen LogP contribution in [0.1, 0.15) is 37.1 Å². The Morgan fingerprint density at radius 1 is 1.05 bits per heavy atom. The maximum Gasteiger partial charge on any atom is 0.434 e. The number of alkyl halides is 3. The van der Waals surface area contributed by atoms with E-state index in [2.05, 4.69) is 24.9 Å². The van der Waals surface area contributed by atoms with Gasteiger partial charge in [0.15, 0.2) is 11.5 Å². The molecule has 206 valence electrons. The van der Waals surface area contributed by atoms with Crippen molar-refractivity contribution in [2.45, 2.75) is 31.5 Å². The van der Waals surface area contributed by atoms with E-state index in [1.165, 1.54) is 17.9 Å². The summed E-state index contributed by atoms with van der Waals surface area (Å²) in [6.07, 6.45) is 3.50. The lowest BCUT2D eigenvalue weighted by Gasteiger charge is -2.14. The van der Waals surface area contributed by atoms with Crippen LogP contribution in [0.5, 0.6) is 11.8 Å². The number of H-pyrrole nitrogens is 1. The van der Waals surface area contributed by atoms with E-state index >= 15 is 0 Å². The summed E-state index contributed by atoms with van der Waals surface area (Å²) in [6.45, 7) is 0.163. The van der Waals surface area contributed by atoms with Crippen LogP contribution >= 0.6 is 0 Å². The van der Waals surface area contributed by atoms with Gasteiger partial charge in [-0.25, -0.2) is 19.9 Å². The van der Waals surface area contributed by atoms with Crippen LogP contribution in [0.15, 0.2) is 61.3 Å². The number of aryl methyl sites for hydroxylation is 1. The molecule has 6 rings (SSSR count). The molecule has 1 aliphatic rings. The van der Waals surface area contributed by atoms with Crippen molar-refractivity contribution in [3.05, 3.63) is 78.3 Å². The van der Waals surface area contributed by atoms with E-state index in [1.807, 2.05) is 12.1 Å². The lowest BCUT2D eigenvalue weighted by atomic mass is 10.1. The monoisotopic (exact) mass is 549 g/mol. The van der Waals surface area contributed by atoms with Crippen molar-refractivity contribution in [1.82, 2.24) is 34.5 Å². The minimum absolute atomic E-state index is 0. The largest absolute Gasteiger partial charge is 0.480 e. The third-order valence-corrected chi connectivity index (χ3v) is 6.62. The summed E-state index contributed by atoms with van der Waals surface area (Å²) in [5.41, 5.74) is 3.37. The third kappa shape index (κ3) is 4.99. The highest BCUT2D eigenvalue weighted by atomic mass is 19.4. The fraction of sp³-hybridized carbons (Fsp3) is 0.250. The van der Waals surface area contributed by atoms with Gasteiger partial charge in [0, 0.05) is 38.5 Å². The molecule has 4 aromatic heterocycles. The summed E-state index contributed by atoms with van der Waals surface area (Å²) in [4.78, 5) is 25.0. The Hall–Kier alpha value is -4.74. The van der Waals surface area contributed by atoms with Crippen molar-refractivity contribution >= 4 is 0 Å². The Labute approximate surface area is 228 Å². The first-order valence-electron chi connectivity index (χ1n) is 12.5. The lowest BCUT2D eigenvalue weighted by Crippen LogP contribution is -2.05. The van der Waals surface area contributed by atoms with Gasteiger partial charge in [-0.2, -0.15) is 18.2 Å². The number of nitrogens with one attached hydrogen (secondary N) is 1. The number of hydrogen-bond acceptors (Lipinski definition) is 7. The molecular formula is C28H26F3N7O2. The van der Waals surface area contributed by atoms with Crippen LogP contribution in [-0.4, -0.2) is 41.6 Å². The average molecular weight is 550 g/mol. The topological polar surface area (TPSA) is 104 Å². The van der Waals surface area contributed by atoms with Crippen LogP contribution in [0.2, 0.25) is 0 Å². The molecule has 0 amide bonds. The Morgan fingerprint density at radius 3 is 2.50 bits per heavy atom. The predicted octanol–water partition coefficient (Wildman–Crippen LogP) is 6.06. The van der Waals surface area contributed by atoms with Crippen molar-refractivity contribution in [3.8, 4) is 45.8 Å². The van der Waals surface area contributed by atoms with E-state index in [0.29, 0.717) is 40.2 Å². The molecule has 5 aromatic rings. The molecule has 1 aliphatic carbocycles. The van der Waals surface area contributed by atoms with Gasteiger partial charge in [-0.15, -0.1) is 0 Å². The van der Waals surface area contributed by atoms with Gasteiger partial charge in [0.2, 0.25) is 11.8 Å². The molecule has 1 N–H and O–H groups in total. The molecule has 12 heteroatoms. The maximum atomic E-state index is 13.1. The summed E-state index contributed by atoms with van der Waals surface area (Å²) in [5, 5.41) is 0. The molecule has 1 aromatic carbocycles. The van der Waals surface area contributed by atoms with Crippen LogP contribution in [-0.2, 0) is 19.8 Å². The summed E-state index contributed by atoms with van der Waals surface area (Å²) in [5.74, 6) is 1.68. The van der Waals surface area contributed by atoms with E-state index in [-0.39, 0.29) is 13.9 Å². The smallest absolute Gasteiger partial charge is 0.434 e. The number of imidazole rings is 1. The van der Waals surface area contributed by atoms with E-state index in [9.17, 15) is 13.2 Å². The van der Waals surface area contributed by atoms with E-state index in [4.69, 9.17) is 14.5 Å². The Balaban J connectivity index is 0.00000337. The first kappa shape index (κ1) is 25.5. The zero-order valence-electron chi connectivity index (χ0n) is 21.6. The van der Waals surface area contributed by atoms with Crippen LogP contribution < -0.4 is 9.47 Å². The highest BCUT2D eigenvalue weighted by Crippen LogP contribution is 2.45. The quantitative estimate of drug-likeness (QED) is 0.251. The van der Waals surface area contributed by atoms with Crippen LogP contribution in [0, 0.1) is 0 Å². The zero-order valence-corrected chi connectivity index (χ0v) is 21.6. The van der Waals surface area contributed by atoms with Crippen molar-refractivity contribution in [2.24, 2.45) is 7.05 Å². The molecule has 0 unspecified atom stereocenters. The third-order valence-electron chi connectivity index (χ3n) is 6.62. The molecule has 1 fully saturated rings. The van der Waals surface area contributed by atoms with Crippen molar-refractivity contribution < 1.29 is 24.1 Å². The highest BCUT2D eigenvalue weighted by molar-refractivity contribution is 5.70. The number of nitrogens with zero attached hydrogens (tertiary/aromatic N) is 6. The average Bonchev–Trinajstić information content (AvgIpc) is 3.50. The fourth-order valence-electron chi connectivity index (χ4n) is 4.47. The number of methoxy groups -OCH3 is 1. The van der Waals surface area contributed by atoms with Gasteiger partial charge in [0.25, 0.3) is 0 Å². The second kappa shape index (κ2) is 10.1. The van der Waals surface area contributed by atoms with Gasteiger partial charge in [0.05, 0.1) is 24.1 Å². The van der Waals surface area contributed by atoms with Gasteiger partial charge in [-0.05, 0) is 30.5 Å². The molecule has 0 aliphatic heterocycles. The van der Waals surface area contributed by atoms with Crippen molar-refractivity contribution in [1.29, 1.82) is 0 Å². The summed E-state index contributed by atoms with van der Waals surface area (Å²) >= 11 is 0. The Morgan fingerprint density at radius 2 is 1.85 bits per heavy atom. The van der Waals surface area contributed by atoms with Crippen LogP contribution in [0.4, 0.5) is 13.2 Å². The number of rotatable bonds is 8. The number of halogens is 3. The Bertz CT molecular complexity index is 1650. The van der Waals surface area contributed by atoms with E-state index in [1.54, 1.807) is 43.8 Å². The van der Waals surface area contributed by atoms with Crippen LogP contribution in [0.25, 0.3) is 34.0 Å². The number of benzene rings is 1.